The first-order valence-electron chi connectivity index (χ1n) is 11.9. The van der Waals surface area contributed by atoms with Gasteiger partial charge in [-0.25, -0.2) is 0 Å². The summed E-state index contributed by atoms with van der Waals surface area (Å²) in [5.74, 6) is -0.773. The maximum Gasteiger partial charge on any atom is 0.300 e. The second kappa shape index (κ2) is 8.64. The zero-order chi connectivity index (χ0) is 24.8. The van der Waals surface area contributed by atoms with Gasteiger partial charge in [-0.15, -0.1) is 0 Å². The molecule has 2 fully saturated rings. The first kappa shape index (κ1) is 22.0. The maximum absolute atomic E-state index is 13.4. The van der Waals surface area contributed by atoms with Gasteiger partial charge >= 0.3 is 0 Å². The maximum atomic E-state index is 13.4. The summed E-state index contributed by atoms with van der Waals surface area (Å²) >= 11 is 0. The highest BCUT2D eigenvalue weighted by Gasteiger charge is 2.47. The van der Waals surface area contributed by atoms with Gasteiger partial charge in [0.2, 0.25) is 6.79 Å². The minimum Gasteiger partial charge on any atom is -0.508 e. The molecule has 0 radical (unpaired) electrons. The Kier molecular flexibility index (Phi) is 5.29. The Hall–Kier alpha value is -4.46. The minimum absolute atomic E-state index is 0.0341. The third-order valence-corrected chi connectivity index (χ3v) is 6.90. The monoisotopic (exact) mass is 484 g/mol. The number of fused-ring (bicyclic) bond motifs is 1. The molecular weight excluding hydrogens is 460 g/mol. The van der Waals surface area contributed by atoms with Crippen LogP contribution in [0.5, 0.6) is 17.2 Å². The molecule has 3 aromatic rings. The van der Waals surface area contributed by atoms with E-state index in [9.17, 15) is 19.8 Å². The molecule has 2 N–H and O–H groups in total. The summed E-state index contributed by atoms with van der Waals surface area (Å²) in [6, 6.07) is 17.8. The second-order valence-corrected chi connectivity index (χ2v) is 9.04. The molecule has 182 valence electrons. The highest BCUT2D eigenvalue weighted by Crippen LogP contribution is 2.44. The average Bonchev–Trinajstić information content (AvgIpc) is 3.65. The topological polar surface area (TPSA) is 99.5 Å². The molecule has 8 heteroatoms. The number of benzene rings is 3. The van der Waals surface area contributed by atoms with Gasteiger partial charge in [-0.2, -0.15) is 0 Å². The number of rotatable bonds is 4. The fourth-order valence-electron chi connectivity index (χ4n) is 5.07. The molecule has 1 amide bonds. The number of carbonyl (C=O) groups is 2. The van der Waals surface area contributed by atoms with E-state index in [1.165, 1.54) is 17.0 Å². The van der Waals surface area contributed by atoms with Crippen LogP contribution >= 0.6 is 0 Å². The zero-order valence-electron chi connectivity index (χ0n) is 19.4. The summed E-state index contributed by atoms with van der Waals surface area (Å²) in [6.45, 7) is 2.06. The molecule has 0 aromatic heterocycles. The van der Waals surface area contributed by atoms with Crippen LogP contribution in [0, 0.1) is 0 Å². The molecule has 3 heterocycles. The molecule has 0 bridgehead atoms. The Labute approximate surface area is 207 Å². The third kappa shape index (κ3) is 3.62. The Balaban J connectivity index is 1.46. The number of aliphatic hydroxyl groups is 1. The van der Waals surface area contributed by atoms with E-state index in [1.54, 1.807) is 30.3 Å². The number of phenolic OH excluding ortho intramolecular Hbond substituents is 1. The Bertz CT molecular complexity index is 1370. The molecule has 2 saturated heterocycles. The van der Waals surface area contributed by atoms with Crippen molar-refractivity contribution in [3.8, 4) is 17.2 Å². The van der Waals surface area contributed by atoms with E-state index in [1.807, 2.05) is 24.3 Å². The zero-order valence-corrected chi connectivity index (χ0v) is 19.4. The number of aromatic hydroxyl groups is 1. The SMILES string of the molecule is O=C1C(=O)N(c2ccc(N3CCCC3)cc2)C(c2ccc(O)cc2)/C1=C(/O)c1ccc2c(c1)OCO2. The number of hydrogen-bond donors (Lipinski definition) is 2. The van der Waals surface area contributed by atoms with Crippen molar-refractivity contribution in [1.29, 1.82) is 0 Å². The number of Topliss-reactive ketones (excluding diaryl/α,β-unsaturated/α-hetero) is 1. The van der Waals surface area contributed by atoms with Crippen LogP contribution in [0.1, 0.15) is 30.0 Å². The minimum atomic E-state index is -0.881. The van der Waals surface area contributed by atoms with Crippen LogP contribution < -0.4 is 19.3 Å². The smallest absolute Gasteiger partial charge is 0.300 e. The van der Waals surface area contributed by atoms with Crippen molar-refractivity contribution in [2.24, 2.45) is 0 Å². The van der Waals surface area contributed by atoms with E-state index >= 15 is 0 Å². The molecule has 3 aromatic carbocycles. The number of ketones is 1. The lowest BCUT2D eigenvalue weighted by molar-refractivity contribution is -0.132. The van der Waals surface area contributed by atoms with Gasteiger partial charge < -0.3 is 24.6 Å². The number of amides is 1. The number of aliphatic hydroxyl groups excluding tert-OH is 1. The van der Waals surface area contributed by atoms with Gasteiger partial charge in [0.1, 0.15) is 11.5 Å². The fourth-order valence-corrected chi connectivity index (χ4v) is 5.07. The van der Waals surface area contributed by atoms with Gasteiger partial charge in [0, 0.05) is 30.0 Å². The van der Waals surface area contributed by atoms with Gasteiger partial charge in [-0.1, -0.05) is 12.1 Å². The quantitative estimate of drug-likeness (QED) is 0.323. The molecule has 3 aliphatic heterocycles. The molecule has 0 saturated carbocycles. The molecule has 1 atom stereocenters. The van der Waals surface area contributed by atoms with Crippen LogP contribution in [-0.2, 0) is 9.59 Å². The van der Waals surface area contributed by atoms with E-state index < -0.39 is 17.7 Å². The molecule has 6 rings (SSSR count). The summed E-state index contributed by atoms with van der Waals surface area (Å²) in [4.78, 5) is 30.4. The van der Waals surface area contributed by atoms with E-state index in [4.69, 9.17) is 9.47 Å². The molecule has 3 aliphatic rings. The molecule has 36 heavy (non-hydrogen) atoms. The van der Waals surface area contributed by atoms with E-state index in [2.05, 4.69) is 4.90 Å². The number of ether oxygens (including phenoxy) is 2. The predicted molar refractivity (Wildman–Crippen MR) is 133 cm³/mol. The normalized spacial score (nSPS) is 20.4. The summed E-state index contributed by atoms with van der Waals surface area (Å²) in [5, 5.41) is 21.1. The Morgan fingerprint density at radius 2 is 1.50 bits per heavy atom. The Morgan fingerprint density at radius 1 is 0.833 bits per heavy atom. The lowest BCUT2D eigenvalue weighted by Crippen LogP contribution is -2.29. The van der Waals surface area contributed by atoms with Crippen molar-refractivity contribution in [1.82, 2.24) is 0 Å². The lowest BCUT2D eigenvalue weighted by Gasteiger charge is -2.26. The number of anilines is 2. The van der Waals surface area contributed by atoms with Gasteiger partial charge in [-0.3, -0.25) is 14.5 Å². The van der Waals surface area contributed by atoms with Crippen LogP contribution in [0.15, 0.2) is 72.3 Å². The first-order chi connectivity index (χ1) is 17.5. The van der Waals surface area contributed by atoms with Crippen molar-refractivity contribution >= 4 is 28.8 Å². The number of hydrogen-bond acceptors (Lipinski definition) is 7. The van der Waals surface area contributed by atoms with Gasteiger partial charge in [0.25, 0.3) is 11.7 Å². The van der Waals surface area contributed by atoms with Crippen molar-refractivity contribution in [2.75, 3.05) is 29.7 Å². The molecule has 0 aliphatic carbocycles. The van der Waals surface area contributed by atoms with Crippen molar-refractivity contribution in [3.63, 3.8) is 0 Å². The predicted octanol–water partition coefficient (Wildman–Crippen LogP) is 4.35. The molecule has 8 nitrogen and oxygen atoms in total. The van der Waals surface area contributed by atoms with Crippen LogP contribution in [-0.4, -0.2) is 41.8 Å². The van der Waals surface area contributed by atoms with Crippen molar-refractivity contribution < 1.29 is 29.3 Å². The second-order valence-electron chi connectivity index (χ2n) is 9.04. The number of phenols is 1. The molecule has 0 spiro atoms. The van der Waals surface area contributed by atoms with Crippen LogP contribution in [0.3, 0.4) is 0 Å². The van der Waals surface area contributed by atoms with Crippen molar-refractivity contribution in [3.05, 3.63) is 83.4 Å². The van der Waals surface area contributed by atoms with Gasteiger partial charge in [0.15, 0.2) is 11.5 Å². The van der Waals surface area contributed by atoms with Crippen molar-refractivity contribution in [2.45, 2.75) is 18.9 Å². The fraction of sp³-hybridized carbons (Fsp3) is 0.214. The summed E-state index contributed by atoms with van der Waals surface area (Å²) < 4.78 is 10.8. The van der Waals surface area contributed by atoms with Crippen LogP contribution in [0.4, 0.5) is 11.4 Å². The van der Waals surface area contributed by atoms with Gasteiger partial charge in [0.05, 0.1) is 11.6 Å². The lowest BCUT2D eigenvalue weighted by atomic mass is 9.95. The largest absolute Gasteiger partial charge is 0.508 e. The number of carbonyl (C=O) groups excluding carboxylic acids is 2. The highest BCUT2D eigenvalue weighted by atomic mass is 16.7. The summed E-state index contributed by atoms with van der Waals surface area (Å²) in [5.41, 5.74) is 2.49. The van der Waals surface area contributed by atoms with E-state index in [0.717, 1.165) is 31.6 Å². The third-order valence-electron chi connectivity index (χ3n) is 6.90. The summed E-state index contributed by atoms with van der Waals surface area (Å²) in [6.07, 6.45) is 2.30. The first-order valence-corrected chi connectivity index (χ1v) is 11.9. The summed E-state index contributed by atoms with van der Waals surface area (Å²) in [7, 11) is 0. The average molecular weight is 485 g/mol. The highest BCUT2D eigenvalue weighted by molar-refractivity contribution is 6.51. The van der Waals surface area contributed by atoms with Gasteiger partial charge in [-0.05, 0) is 73.0 Å². The number of nitrogens with zero attached hydrogens (tertiary/aromatic N) is 2. The standard InChI is InChI=1S/C28H24N2O6/c31-21-10-3-17(4-11-21)25-24(26(32)18-5-12-22-23(15-18)36-16-35-22)27(33)28(34)30(25)20-8-6-19(7-9-20)29-13-1-2-14-29/h3-12,15,25,31-32H,1-2,13-14,16H2/b26-24-. The molecular formula is C28H24N2O6. The Morgan fingerprint density at radius 3 is 2.22 bits per heavy atom. The molecule has 1 unspecified atom stereocenters. The van der Waals surface area contributed by atoms with E-state index in [-0.39, 0.29) is 23.9 Å². The van der Waals surface area contributed by atoms with Crippen LogP contribution in [0.2, 0.25) is 0 Å². The van der Waals surface area contributed by atoms with Crippen LogP contribution in [0.25, 0.3) is 5.76 Å². The van der Waals surface area contributed by atoms with E-state index in [0.29, 0.717) is 28.3 Å².